The Morgan fingerprint density at radius 2 is 2.50 bits per heavy atom. The summed E-state index contributed by atoms with van der Waals surface area (Å²) < 4.78 is 6.44. The van der Waals surface area contributed by atoms with Crippen molar-refractivity contribution in [3.8, 4) is 11.5 Å². The summed E-state index contributed by atoms with van der Waals surface area (Å²) in [6, 6.07) is 1.82. The van der Waals surface area contributed by atoms with E-state index in [-0.39, 0.29) is 4.84 Å². The fourth-order valence-electron chi connectivity index (χ4n) is 0.880. The van der Waals surface area contributed by atoms with E-state index in [4.69, 9.17) is 16.7 Å². The predicted octanol–water partition coefficient (Wildman–Crippen LogP) is 1.13. The molecular formula is C6H6N4OS. The van der Waals surface area contributed by atoms with E-state index < -0.39 is 0 Å². The lowest BCUT2D eigenvalue weighted by atomic mass is 10.4. The van der Waals surface area contributed by atoms with Crippen molar-refractivity contribution in [2.75, 3.05) is 0 Å². The number of nitrogens with one attached hydrogen (secondary N) is 1. The van der Waals surface area contributed by atoms with Crippen LogP contribution < -0.4 is 0 Å². The van der Waals surface area contributed by atoms with Crippen LogP contribution in [0.25, 0.3) is 11.5 Å². The molecule has 0 saturated heterocycles. The normalized spacial score (nSPS) is 10.4. The lowest BCUT2D eigenvalue weighted by Crippen LogP contribution is -1.88. The van der Waals surface area contributed by atoms with Crippen molar-refractivity contribution >= 4 is 12.2 Å². The van der Waals surface area contributed by atoms with Gasteiger partial charge in [-0.1, -0.05) is 0 Å². The summed E-state index contributed by atoms with van der Waals surface area (Å²) >= 11 is 4.70. The van der Waals surface area contributed by atoms with E-state index >= 15 is 0 Å². The van der Waals surface area contributed by atoms with E-state index in [0.717, 1.165) is 5.69 Å². The number of H-pyrrole nitrogens is 1. The molecule has 0 aliphatic heterocycles. The first kappa shape index (κ1) is 7.23. The molecule has 0 aliphatic carbocycles. The number of aromatic nitrogens is 4. The molecule has 0 bridgehead atoms. The smallest absolute Gasteiger partial charge is 0.314 e. The Bertz CT molecular complexity index is 440. The lowest BCUT2D eigenvalue weighted by molar-refractivity contribution is 0.406. The monoisotopic (exact) mass is 182 g/mol. The SMILES string of the molecule is Cn1ccc(-c2nc(=S)o[nH]2)n1. The van der Waals surface area contributed by atoms with Gasteiger partial charge in [-0.15, -0.1) is 0 Å². The molecular weight excluding hydrogens is 176 g/mol. The Morgan fingerprint density at radius 1 is 1.67 bits per heavy atom. The van der Waals surface area contributed by atoms with Gasteiger partial charge in [0, 0.05) is 13.2 Å². The molecule has 2 heterocycles. The quantitative estimate of drug-likeness (QED) is 0.672. The van der Waals surface area contributed by atoms with Crippen LogP contribution >= 0.6 is 12.2 Å². The predicted molar refractivity (Wildman–Crippen MR) is 43.9 cm³/mol. The van der Waals surface area contributed by atoms with Gasteiger partial charge >= 0.3 is 4.84 Å². The maximum atomic E-state index is 4.76. The molecule has 2 aromatic rings. The third-order valence-corrected chi connectivity index (χ3v) is 1.57. The van der Waals surface area contributed by atoms with Crippen LogP contribution in [-0.4, -0.2) is 19.9 Å². The van der Waals surface area contributed by atoms with Crippen molar-refractivity contribution in [1.82, 2.24) is 19.9 Å². The van der Waals surface area contributed by atoms with Gasteiger partial charge < -0.3 is 4.52 Å². The van der Waals surface area contributed by atoms with E-state index in [9.17, 15) is 0 Å². The average Bonchev–Trinajstić information content (AvgIpc) is 2.58. The summed E-state index contributed by atoms with van der Waals surface area (Å²) in [5.41, 5.74) is 0.720. The van der Waals surface area contributed by atoms with Crippen LogP contribution in [0.5, 0.6) is 0 Å². The van der Waals surface area contributed by atoms with Gasteiger partial charge in [-0.3, -0.25) is 4.68 Å². The molecule has 12 heavy (non-hydrogen) atoms. The van der Waals surface area contributed by atoms with Crippen LogP contribution in [0.1, 0.15) is 0 Å². The fourth-order valence-corrected chi connectivity index (χ4v) is 1.01. The maximum Gasteiger partial charge on any atom is 0.314 e. The van der Waals surface area contributed by atoms with Crippen LogP contribution in [0, 0.1) is 4.84 Å². The highest BCUT2D eigenvalue weighted by Crippen LogP contribution is 2.09. The Morgan fingerprint density at radius 3 is 3.00 bits per heavy atom. The van der Waals surface area contributed by atoms with Crippen molar-refractivity contribution in [2.24, 2.45) is 7.05 Å². The van der Waals surface area contributed by atoms with Crippen LogP contribution in [0.4, 0.5) is 0 Å². The zero-order chi connectivity index (χ0) is 8.55. The minimum atomic E-state index is 0.190. The minimum Gasteiger partial charge on any atom is -0.348 e. The van der Waals surface area contributed by atoms with Gasteiger partial charge in [0.15, 0.2) is 5.82 Å². The number of aryl methyl sites for hydroxylation is 1. The number of hydrogen-bond donors (Lipinski definition) is 1. The number of rotatable bonds is 1. The number of nitrogens with zero attached hydrogens (tertiary/aromatic N) is 3. The van der Waals surface area contributed by atoms with Crippen molar-refractivity contribution in [3.05, 3.63) is 17.1 Å². The fraction of sp³-hybridized carbons (Fsp3) is 0.167. The Hall–Kier alpha value is -1.43. The second-order valence-electron chi connectivity index (χ2n) is 2.31. The molecule has 2 aromatic heterocycles. The van der Waals surface area contributed by atoms with Gasteiger partial charge in [0.25, 0.3) is 0 Å². The lowest BCUT2D eigenvalue weighted by Gasteiger charge is -1.85. The molecule has 0 atom stereocenters. The van der Waals surface area contributed by atoms with Crippen molar-refractivity contribution in [3.63, 3.8) is 0 Å². The molecule has 0 saturated carbocycles. The first-order chi connectivity index (χ1) is 5.75. The second-order valence-corrected chi connectivity index (χ2v) is 2.65. The van der Waals surface area contributed by atoms with Crippen LogP contribution in [-0.2, 0) is 7.05 Å². The molecule has 0 unspecified atom stereocenters. The van der Waals surface area contributed by atoms with Gasteiger partial charge in [0.2, 0.25) is 0 Å². The summed E-state index contributed by atoms with van der Waals surface area (Å²) in [7, 11) is 1.83. The highest BCUT2D eigenvalue weighted by atomic mass is 32.1. The average molecular weight is 182 g/mol. The molecule has 0 radical (unpaired) electrons. The molecule has 0 fully saturated rings. The third-order valence-electron chi connectivity index (χ3n) is 1.39. The largest absolute Gasteiger partial charge is 0.348 e. The van der Waals surface area contributed by atoms with Crippen molar-refractivity contribution < 1.29 is 4.52 Å². The molecule has 5 nitrogen and oxygen atoms in total. The van der Waals surface area contributed by atoms with E-state index in [2.05, 4.69) is 15.2 Å². The van der Waals surface area contributed by atoms with E-state index in [1.807, 2.05) is 19.3 Å². The molecule has 0 aromatic carbocycles. The summed E-state index contributed by atoms with van der Waals surface area (Å²) in [5.74, 6) is 0.556. The Balaban J connectivity index is 2.50. The summed E-state index contributed by atoms with van der Waals surface area (Å²) in [5, 5.41) is 6.68. The summed E-state index contributed by atoms with van der Waals surface area (Å²) in [6.45, 7) is 0. The molecule has 6 heteroatoms. The van der Waals surface area contributed by atoms with Gasteiger partial charge in [-0.05, 0) is 18.3 Å². The summed E-state index contributed by atoms with van der Waals surface area (Å²) in [6.07, 6.45) is 1.82. The first-order valence-corrected chi connectivity index (χ1v) is 3.72. The topological polar surface area (TPSA) is 59.6 Å². The molecule has 0 amide bonds. The third kappa shape index (κ3) is 1.16. The van der Waals surface area contributed by atoms with Crippen LogP contribution in [0.15, 0.2) is 16.8 Å². The van der Waals surface area contributed by atoms with Gasteiger partial charge in [-0.25, -0.2) is 0 Å². The number of hydrogen-bond acceptors (Lipinski definition) is 4. The van der Waals surface area contributed by atoms with Gasteiger partial charge in [0.05, 0.1) is 0 Å². The number of aromatic amines is 1. The zero-order valence-electron chi connectivity index (χ0n) is 6.31. The maximum absolute atomic E-state index is 4.76. The molecule has 0 aliphatic rings. The Labute approximate surface area is 73.0 Å². The van der Waals surface area contributed by atoms with Crippen LogP contribution in [0.2, 0.25) is 0 Å². The van der Waals surface area contributed by atoms with E-state index in [1.165, 1.54) is 0 Å². The highest BCUT2D eigenvalue weighted by Gasteiger charge is 2.04. The van der Waals surface area contributed by atoms with Gasteiger partial charge in [-0.2, -0.15) is 15.2 Å². The Kier molecular flexibility index (Phi) is 1.54. The minimum absolute atomic E-state index is 0.190. The van der Waals surface area contributed by atoms with E-state index in [0.29, 0.717) is 5.82 Å². The molecule has 2 rings (SSSR count). The molecule has 1 N–H and O–H groups in total. The van der Waals surface area contributed by atoms with E-state index in [1.54, 1.807) is 4.68 Å². The molecule has 62 valence electrons. The standard InChI is InChI=1S/C6H6N4OS/c1-10-3-2-4(8-10)5-7-6(12)11-9-5/h2-3H,1H3,(H,7,9,12). The first-order valence-electron chi connectivity index (χ1n) is 3.31. The van der Waals surface area contributed by atoms with Crippen LogP contribution in [0.3, 0.4) is 0 Å². The van der Waals surface area contributed by atoms with Crippen molar-refractivity contribution in [1.29, 1.82) is 0 Å². The highest BCUT2D eigenvalue weighted by molar-refractivity contribution is 7.71. The summed E-state index contributed by atoms with van der Waals surface area (Å²) in [4.78, 5) is 4.10. The van der Waals surface area contributed by atoms with Gasteiger partial charge in [0.1, 0.15) is 5.69 Å². The molecule has 0 spiro atoms. The second kappa shape index (κ2) is 2.56. The zero-order valence-corrected chi connectivity index (χ0v) is 7.13. The van der Waals surface area contributed by atoms with Crippen molar-refractivity contribution in [2.45, 2.75) is 0 Å².